The van der Waals surface area contributed by atoms with Gasteiger partial charge in [0.05, 0.1) is 16.9 Å². The highest BCUT2D eigenvalue weighted by molar-refractivity contribution is 6.30. The number of aryl methyl sites for hydroxylation is 1. The van der Waals surface area contributed by atoms with Crippen molar-refractivity contribution in [3.05, 3.63) is 70.2 Å². The van der Waals surface area contributed by atoms with Crippen molar-refractivity contribution in [3.63, 3.8) is 0 Å². The number of benzene rings is 2. The predicted molar refractivity (Wildman–Crippen MR) is 187 cm³/mol. The Balaban J connectivity index is 0.00000480. The zero-order chi connectivity index (χ0) is 32.4. The molecular weight excluding hydrogens is 619 g/mol. The molecule has 1 heterocycles. The van der Waals surface area contributed by atoms with Crippen LogP contribution in [0.3, 0.4) is 0 Å². The number of rotatable bonds is 7. The number of piperidine rings is 1. The van der Waals surface area contributed by atoms with E-state index in [1.165, 1.54) is 12.0 Å². The topological polar surface area (TPSA) is 105 Å². The number of nitrogens with zero attached hydrogens (tertiary/aromatic N) is 1. The van der Waals surface area contributed by atoms with Crippen LogP contribution in [0, 0.1) is 17.3 Å². The normalized spacial score (nSPS) is 23.8. The molecule has 2 unspecified atom stereocenters. The van der Waals surface area contributed by atoms with Gasteiger partial charge in [0.15, 0.2) is 0 Å². The zero-order valence-electron chi connectivity index (χ0n) is 27.9. The second-order valence-electron chi connectivity index (χ2n) is 14.9. The van der Waals surface area contributed by atoms with Gasteiger partial charge in [-0.1, -0.05) is 67.3 Å². The summed E-state index contributed by atoms with van der Waals surface area (Å²) in [6.07, 6.45) is 8.64. The van der Waals surface area contributed by atoms with Crippen LogP contribution in [0.4, 0.5) is 0 Å². The number of nitrogens with two attached hydrogens (primary N) is 1. The quantitative estimate of drug-likeness (QED) is 0.320. The van der Waals surface area contributed by atoms with Crippen LogP contribution < -0.4 is 16.4 Å². The van der Waals surface area contributed by atoms with Gasteiger partial charge in [0, 0.05) is 30.1 Å². The number of carbonyl (C=O) groups excluding carboxylic acids is 3. The minimum absolute atomic E-state index is 0. The summed E-state index contributed by atoms with van der Waals surface area (Å²) in [5.74, 6) is -0.317. The third kappa shape index (κ3) is 7.91. The molecule has 3 amide bonds. The number of hydrogen-bond acceptors (Lipinski definition) is 4. The molecule has 2 fully saturated rings. The molecule has 0 radical (unpaired) electrons. The van der Waals surface area contributed by atoms with Gasteiger partial charge in [-0.25, -0.2) is 0 Å². The summed E-state index contributed by atoms with van der Waals surface area (Å²) < 4.78 is 0. The number of hydrogen-bond donors (Lipinski definition) is 3. The van der Waals surface area contributed by atoms with Crippen molar-refractivity contribution in [1.82, 2.24) is 15.5 Å². The fourth-order valence-electron chi connectivity index (χ4n) is 8.07. The molecule has 3 aliphatic rings. The molecule has 1 saturated carbocycles. The fourth-order valence-corrected chi connectivity index (χ4v) is 8.20. The molecule has 2 aromatic carbocycles. The Hall–Kier alpha value is -2.61. The van der Waals surface area contributed by atoms with Crippen LogP contribution in [0.1, 0.15) is 95.8 Å². The Labute approximate surface area is 286 Å². The number of carbonyl (C=O) groups is 3. The van der Waals surface area contributed by atoms with Gasteiger partial charge in [-0.05, 0) is 101 Å². The summed E-state index contributed by atoms with van der Waals surface area (Å²) in [5.41, 5.74) is 8.29. The van der Waals surface area contributed by atoms with Gasteiger partial charge in [-0.15, -0.1) is 12.4 Å². The molecular formula is C37H52Cl2N4O3. The van der Waals surface area contributed by atoms with Gasteiger partial charge in [0.1, 0.15) is 6.04 Å². The van der Waals surface area contributed by atoms with E-state index in [0.717, 1.165) is 43.2 Å². The van der Waals surface area contributed by atoms with Crippen molar-refractivity contribution in [2.45, 2.75) is 109 Å². The van der Waals surface area contributed by atoms with E-state index in [1.54, 1.807) is 0 Å². The summed E-state index contributed by atoms with van der Waals surface area (Å²) >= 11 is 6.16. The van der Waals surface area contributed by atoms with Gasteiger partial charge in [-0.3, -0.25) is 14.4 Å². The lowest BCUT2D eigenvalue weighted by Gasteiger charge is -2.48. The summed E-state index contributed by atoms with van der Waals surface area (Å²) in [7, 11) is 0. The van der Waals surface area contributed by atoms with E-state index >= 15 is 0 Å². The first-order valence-electron chi connectivity index (χ1n) is 16.8. The molecule has 5 rings (SSSR count). The Morgan fingerprint density at radius 2 is 1.61 bits per heavy atom. The molecule has 7 nitrogen and oxygen atoms in total. The summed E-state index contributed by atoms with van der Waals surface area (Å²) in [6, 6.07) is 14.7. The highest BCUT2D eigenvalue weighted by atomic mass is 35.5. The molecule has 0 aromatic heterocycles. The molecule has 9 heteroatoms. The molecule has 1 aliphatic heterocycles. The van der Waals surface area contributed by atoms with Crippen molar-refractivity contribution < 1.29 is 14.4 Å². The summed E-state index contributed by atoms with van der Waals surface area (Å²) in [4.78, 5) is 44.0. The van der Waals surface area contributed by atoms with E-state index in [1.807, 2.05) is 75.1 Å². The third-order valence-corrected chi connectivity index (χ3v) is 10.9. The highest BCUT2D eigenvalue weighted by Crippen LogP contribution is 2.46. The number of nitrogens with one attached hydrogen (secondary N) is 2. The molecule has 252 valence electrons. The molecule has 0 spiro atoms. The number of fused-ring (bicyclic) bond motifs is 1. The standard InChI is InChI=1S/C37H51ClN4O3.ClH/c1-35(2,3)41-34(45)37(27-11-6-5-7-12-27)20-22-42(23-21-37)33(44)31(24-25-14-17-28(38)18-15-25)40-32(43)30-19-16-26-10-8-9-13-29(26)36(30,4)39;/h8-10,13-15,17-18,27,30-31H,5-7,11-12,16,19-24,39H2,1-4H3,(H,40,43)(H,41,45);1H/t30?,31-,36?;/m1./s1. The van der Waals surface area contributed by atoms with E-state index in [-0.39, 0.29) is 35.7 Å². The minimum Gasteiger partial charge on any atom is -0.351 e. The first-order chi connectivity index (χ1) is 21.3. The van der Waals surface area contributed by atoms with Crippen LogP contribution >= 0.6 is 24.0 Å². The molecule has 3 atom stereocenters. The van der Waals surface area contributed by atoms with E-state index in [9.17, 15) is 14.4 Å². The van der Waals surface area contributed by atoms with Crippen LogP contribution in [0.25, 0.3) is 0 Å². The molecule has 2 aliphatic carbocycles. The van der Waals surface area contributed by atoms with Crippen molar-refractivity contribution >= 4 is 41.7 Å². The van der Waals surface area contributed by atoms with Crippen LogP contribution in [-0.2, 0) is 32.8 Å². The second-order valence-corrected chi connectivity index (χ2v) is 15.4. The van der Waals surface area contributed by atoms with Crippen LogP contribution in [-0.4, -0.2) is 47.3 Å². The third-order valence-electron chi connectivity index (χ3n) is 10.6. The Bertz CT molecular complexity index is 1370. The first kappa shape index (κ1) is 36.2. The molecule has 1 saturated heterocycles. The summed E-state index contributed by atoms with van der Waals surface area (Å²) in [6.45, 7) is 8.98. The maximum absolute atomic E-state index is 14.3. The number of likely N-dealkylation sites (tertiary alicyclic amines) is 1. The SMILES string of the molecule is CC(C)(C)NC(=O)C1(C2CCCCC2)CCN(C(=O)[C@@H](Cc2ccc(Cl)cc2)NC(=O)C2CCc3ccccc3C2(C)N)CC1.Cl. The summed E-state index contributed by atoms with van der Waals surface area (Å²) in [5, 5.41) is 7.05. The second kappa shape index (κ2) is 14.7. The number of amides is 3. The Morgan fingerprint density at radius 1 is 0.978 bits per heavy atom. The van der Waals surface area contributed by atoms with Gasteiger partial charge in [-0.2, -0.15) is 0 Å². The van der Waals surface area contributed by atoms with Crippen molar-refractivity contribution in [1.29, 1.82) is 0 Å². The van der Waals surface area contributed by atoms with Crippen molar-refractivity contribution in [2.24, 2.45) is 23.0 Å². The van der Waals surface area contributed by atoms with Crippen LogP contribution in [0.15, 0.2) is 48.5 Å². The first-order valence-corrected chi connectivity index (χ1v) is 17.2. The van der Waals surface area contributed by atoms with Gasteiger partial charge < -0.3 is 21.3 Å². The monoisotopic (exact) mass is 670 g/mol. The molecule has 46 heavy (non-hydrogen) atoms. The van der Waals surface area contributed by atoms with Crippen molar-refractivity contribution in [2.75, 3.05) is 13.1 Å². The average Bonchev–Trinajstić information content (AvgIpc) is 3.01. The van der Waals surface area contributed by atoms with Gasteiger partial charge in [0.2, 0.25) is 17.7 Å². The maximum Gasteiger partial charge on any atom is 0.245 e. The van der Waals surface area contributed by atoms with Gasteiger partial charge >= 0.3 is 0 Å². The predicted octanol–water partition coefficient (Wildman–Crippen LogP) is 6.33. The van der Waals surface area contributed by atoms with Gasteiger partial charge in [0.25, 0.3) is 0 Å². The Morgan fingerprint density at radius 3 is 2.24 bits per heavy atom. The van der Waals surface area contributed by atoms with E-state index < -0.39 is 22.9 Å². The smallest absolute Gasteiger partial charge is 0.245 e. The number of halogens is 2. The lowest BCUT2D eigenvalue weighted by Crippen LogP contribution is -2.60. The molecule has 2 aromatic rings. The highest BCUT2D eigenvalue weighted by Gasteiger charge is 2.49. The largest absolute Gasteiger partial charge is 0.351 e. The lowest BCUT2D eigenvalue weighted by molar-refractivity contribution is -0.147. The molecule has 0 bridgehead atoms. The van der Waals surface area contributed by atoms with Crippen LogP contribution in [0.2, 0.25) is 5.02 Å². The lowest BCUT2D eigenvalue weighted by atomic mass is 9.63. The van der Waals surface area contributed by atoms with Crippen molar-refractivity contribution in [3.8, 4) is 0 Å². The minimum atomic E-state index is -0.849. The fraction of sp³-hybridized carbons (Fsp3) is 0.595. The molecule has 4 N–H and O–H groups in total. The van der Waals surface area contributed by atoms with E-state index in [2.05, 4.69) is 16.7 Å². The maximum atomic E-state index is 14.3. The van der Waals surface area contributed by atoms with E-state index in [0.29, 0.717) is 49.7 Å². The van der Waals surface area contributed by atoms with E-state index in [4.69, 9.17) is 17.3 Å². The zero-order valence-corrected chi connectivity index (χ0v) is 29.4. The Kier molecular flexibility index (Phi) is 11.5. The average molecular weight is 672 g/mol. The van der Waals surface area contributed by atoms with Crippen LogP contribution in [0.5, 0.6) is 0 Å².